The number of aliphatic hydroxyl groups is 1. The SMILES string of the molecule is C[C@@H](CCCC1CCCCC1)[C@@H](O)C=C[C@H]1CC(F)(F)C(=O)N1CCCCCCC(=O)O. The third-order valence-electron chi connectivity index (χ3n) is 7.09. The van der Waals surface area contributed by atoms with Gasteiger partial charge in [-0.2, -0.15) is 8.78 Å². The van der Waals surface area contributed by atoms with Crippen molar-refractivity contribution in [3.05, 3.63) is 12.2 Å². The lowest BCUT2D eigenvalue weighted by atomic mass is 9.84. The molecule has 5 nitrogen and oxygen atoms in total. The third-order valence-corrected chi connectivity index (χ3v) is 7.09. The minimum Gasteiger partial charge on any atom is -0.481 e. The highest BCUT2D eigenvalue weighted by Gasteiger charge is 2.52. The Labute approximate surface area is 191 Å². The molecule has 2 N–H and O–H groups in total. The number of rotatable bonds is 14. The Morgan fingerprint density at radius 3 is 2.53 bits per heavy atom. The number of carboxylic acids is 1. The van der Waals surface area contributed by atoms with E-state index >= 15 is 0 Å². The number of alkyl halides is 2. The highest BCUT2D eigenvalue weighted by molar-refractivity contribution is 5.86. The summed E-state index contributed by atoms with van der Waals surface area (Å²) in [7, 11) is 0. The van der Waals surface area contributed by atoms with Crippen LogP contribution in [0.5, 0.6) is 0 Å². The Balaban J connectivity index is 1.77. The molecule has 32 heavy (non-hydrogen) atoms. The van der Waals surface area contributed by atoms with Crippen LogP contribution in [-0.4, -0.2) is 51.6 Å². The first kappa shape index (κ1) is 26.7. The van der Waals surface area contributed by atoms with Gasteiger partial charge < -0.3 is 15.1 Å². The molecule has 1 aliphatic heterocycles. The van der Waals surface area contributed by atoms with Crippen molar-refractivity contribution in [3.8, 4) is 0 Å². The number of unbranched alkanes of at least 4 members (excludes halogenated alkanes) is 3. The number of nitrogens with zero attached hydrogens (tertiary/aromatic N) is 1. The Kier molecular flexibility index (Phi) is 11.1. The van der Waals surface area contributed by atoms with E-state index in [-0.39, 0.29) is 18.9 Å². The van der Waals surface area contributed by atoms with Gasteiger partial charge in [-0.15, -0.1) is 0 Å². The molecule has 1 heterocycles. The van der Waals surface area contributed by atoms with Crippen molar-refractivity contribution in [2.75, 3.05) is 6.54 Å². The molecule has 0 unspecified atom stereocenters. The van der Waals surface area contributed by atoms with E-state index in [4.69, 9.17) is 5.11 Å². The number of halogens is 2. The standard InChI is InChI=1S/C25H41F2NO4/c1-19(10-9-13-20-11-5-4-6-12-20)22(29)16-15-21-18-25(26,27)24(32)28(21)17-8-3-2-7-14-23(30)31/h15-16,19-22,29H,2-14,17-18H2,1H3,(H,30,31)/t19-,21-,22-/m0/s1. The molecule has 1 amide bonds. The molecule has 2 fully saturated rings. The van der Waals surface area contributed by atoms with E-state index in [1.165, 1.54) is 43.4 Å². The summed E-state index contributed by atoms with van der Waals surface area (Å²) < 4.78 is 28.1. The van der Waals surface area contributed by atoms with Crippen LogP contribution < -0.4 is 0 Å². The minimum absolute atomic E-state index is 0.0511. The highest BCUT2D eigenvalue weighted by Crippen LogP contribution is 2.35. The lowest BCUT2D eigenvalue weighted by Gasteiger charge is -2.23. The number of carboxylic acid groups (broad SMARTS) is 1. The molecule has 0 aromatic rings. The molecule has 0 spiro atoms. The van der Waals surface area contributed by atoms with Gasteiger partial charge in [0.05, 0.1) is 12.1 Å². The second-order valence-electron chi connectivity index (χ2n) is 9.82. The molecule has 0 aromatic heterocycles. The Bertz CT molecular complexity index is 619. The topological polar surface area (TPSA) is 77.8 Å². The predicted octanol–water partition coefficient (Wildman–Crippen LogP) is 5.56. The van der Waals surface area contributed by atoms with Crippen LogP contribution in [0.2, 0.25) is 0 Å². The lowest BCUT2D eigenvalue weighted by molar-refractivity contribution is -0.148. The fourth-order valence-corrected chi connectivity index (χ4v) is 4.98. The number of carbonyl (C=O) groups excluding carboxylic acids is 1. The molecule has 1 aliphatic carbocycles. The molecule has 7 heteroatoms. The lowest BCUT2D eigenvalue weighted by Crippen LogP contribution is -2.36. The zero-order valence-electron chi connectivity index (χ0n) is 19.5. The van der Waals surface area contributed by atoms with E-state index in [2.05, 4.69) is 0 Å². The van der Waals surface area contributed by atoms with Crippen LogP contribution in [0.4, 0.5) is 8.78 Å². The van der Waals surface area contributed by atoms with Gasteiger partial charge in [0.1, 0.15) is 0 Å². The Hall–Kier alpha value is -1.50. The number of hydrogen-bond acceptors (Lipinski definition) is 3. The number of likely N-dealkylation sites (tertiary alicyclic amines) is 1. The first-order valence-electron chi connectivity index (χ1n) is 12.5. The van der Waals surface area contributed by atoms with E-state index in [1.54, 1.807) is 12.2 Å². The molecule has 3 atom stereocenters. The fraction of sp³-hybridized carbons (Fsp3) is 0.840. The molecule has 0 bridgehead atoms. The minimum atomic E-state index is -3.37. The van der Waals surface area contributed by atoms with Crippen molar-refractivity contribution in [3.63, 3.8) is 0 Å². The first-order chi connectivity index (χ1) is 15.2. The number of hydrogen-bond donors (Lipinski definition) is 2. The van der Waals surface area contributed by atoms with Crippen molar-refractivity contribution < 1.29 is 28.6 Å². The van der Waals surface area contributed by atoms with Gasteiger partial charge in [-0.25, -0.2) is 0 Å². The summed E-state index contributed by atoms with van der Waals surface area (Å²) in [6.45, 7) is 2.21. The van der Waals surface area contributed by atoms with Crippen molar-refractivity contribution in [1.82, 2.24) is 4.90 Å². The van der Waals surface area contributed by atoms with Crippen LogP contribution in [0.1, 0.15) is 96.8 Å². The van der Waals surface area contributed by atoms with Gasteiger partial charge in [-0.05, 0) is 31.1 Å². The van der Waals surface area contributed by atoms with Gasteiger partial charge in [0.15, 0.2) is 0 Å². The van der Waals surface area contributed by atoms with Crippen LogP contribution in [-0.2, 0) is 9.59 Å². The zero-order valence-corrected chi connectivity index (χ0v) is 19.5. The summed E-state index contributed by atoms with van der Waals surface area (Å²) in [6.07, 6.45) is 14.3. The molecule has 0 aromatic carbocycles. The van der Waals surface area contributed by atoms with E-state index in [1.807, 2.05) is 6.92 Å². The molecule has 1 saturated carbocycles. The number of carbonyl (C=O) groups is 2. The van der Waals surface area contributed by atoms with Crippen molar-refractivity contribution in [2.24, 2.45) is 11.8 Å². The average Bonchev–Trinajstić information content (AvgIpc) is 2.97. The smallest absolute Gasteiger partial charge is 0.327 e. The van der Waals surface area contributed by atoms with Crippen molar-refractivity contribution in [1.29, 1.82) is 0 Å². The molecular formula is C25H41F2NO4. The zero-order chi connectivity index (χ0) is 23.6. The maximum absolute atomic E-state index is 14.0. The van der Waals surface area contributed by atoms with E-state index in [0.717, 1.165) is 18.8 Å². The van der Waals surface area contributed by atoms with Gasteiger partial charge in [-0.1, -0.05) is 76.9 Å². The van der Waals surface area contributed by atoms with Crippen LogP contribution in [0.25, 0.3) is 0 Å². The first-order valence-corrected chi connectivity index (χ1v) is 12.5. The summed E-state index contributed by atoms with van der Waals surface area (Å²) in [6, 6.07) is -0.708. The van der Waals surface area contributed by atoms with Crippen molar-refractivity contribution in [2.45, 2.75) is 115 Å². The summed E-state index contributed by atoms with van der Waals surface area (Å²) in [5, 5.41) is 19.1. The van der Waals surface area contributed by atoms with Crippen LogP contribution in [0.15, 0.2) is 12.2 Å². The Morgan fingerprint density at radius 2 is 1.84 bits per heavy atom. The van der Waals surface area contributed by atoms with Gasteiger partial charge in [0, 0.05) is 19.4 Å². The summed E-state index contributed by atoms with van der Waals surface area (Å²) in [5.74, 6) is -4.49. The number of amides is 1. The second-order valence-corrected chi connectivity index (χ2v) is 9.82. The monoisotopic (exact) mass is 457 g/mol. The maximum Gasteiger partial charge on any atom is 0.327 e. The fourth-order valence-electron chi connectivity index (χ4n) is 4.98. The summed E-state index contributed by atoms with van der Waals surface area (Å²) in [4.78, 5) is 23.9. The van der Waals surface area contributed by atoms with E-state index in [9.17, 15) is 23.5 Å². The number of aliphatic hydroxyl groups excluding tert-OH is 1. The average molecular weight is 458 g/mol. The molecule has 1 saturated heterocycles. The quantitative estimate of drug-likeness (QED) is 0.264. The van der Waals surface area contributed by atoms with E-state index < -0.39 is 36.4 Å². The second kappa shape index (κ2) is 13.3. The molecular weight excluding hydrogens is 416 g/mol. The third kappa shape index (κ3) is 8.80. The van der Waals surface area contributed by atoms with Gasteiger partial charge in [0.2, 0.25) is 0 Å². The molecule has 2 aliphatic rings. The van der Waals surface area contributed by atoms with Gasteiger partial charge in [-0.3, -0.25) is 9.59 Å². The molecule has 184 valence electrons. The normalized spacial score (nSPS) is 23.7. The number of aliphatic carboxylic acids is 1. The molecule has 0 radical (unpaired) electrons. The van der Waals surface area contributed by atoms with E-state index in [0.29, 0.717) is 25.7 Å². The van der Waals surface area contributed by atoms with Crippen LogP contribution in [0, 0.1) is 11.8 Å². The van der Waals surface area contributed by atoms with Gasteiger partial charge >= 0.3 is 11.9 Å². The van der Waals surface area contributed by atoms with Crippen LogP contribution in [0.3, 0.4) is 0 Å². The Morgan fingerprint density at radius 1 is 1.16 bits per heavy atom. The van der Waals surface area contributed by atoms with Crippen LogP contribution >= 0.6 is 0 Å². The predicted molar refractivity (Wildman–Crippen MR) is 121 cm³/mol. The molecule has 2 rings (SSSR count). The van der Waals surface area contributed by atoms with Gasteiger partial charge in [0.25, 0.3) is 5.91 Å². The summed E-state index contributed by atoms with van der Waals surface area (Å²) in [5.41, 5.74) is 0. The van der Waals surface area contributed by atoms with Crippen molar-refractivity contribution >= 4 is 11.9 Å². The summed E-state index contributed by atoms with van der Waals surface area (Å²) >= 11 is 0. The maximum atomic E-state index is 14.0. The highest BCUT2D eigenvalue weighted by atomic mass is 19.3. The largest absolute Gasteiger partial charge is 0.481 e.